The van der Waals surface area contributed by atoms with Gasteiger partial charge in [0.25, 0.3) is 0 Å². The molecule has 0 bridgehead atoms. The molecule has 1 aliphatic rings. The van der Waals surface area contributed by atoms with E-state index in [1.807, 2.05) is 19.9 Å². The monoisotopic (exact) mass is 300 g/mol. The maximum Gasteiger partial charge on any atom is 0.194 e. The van der Waals surface area contributed by atoms with Gasteiger partial charge in [-0.05, 0) is 68.5 Å². The van der Waals surface area contributed by atoms with Crippen molar-refractivity contribution >= 4 is 11.8 Å². The van der Waals surface area contributed by atoms with Crippen LogP contribution in [0, 0.1) is 13.8 Å². The molecule has 0 fully saturated rings. The van der Waals surface area contributed by atoms with Crippen LogP contribution in [-0.2, 0) is 19.4 Å². The Morgan fingerprint density at radius 2 is 1.76 bits per heavy atom. The van der Waals surface area contributed by atoms with Crippen LogP contribution in [0.2, 0.25) is 0 Å². The number of aromatic nitrogens is 3. The van der Waals surface area contributed by atoms with Gasteiger partial charge in [0, 0.05) is 23.6 Å². The molecule has 1 aliphatic carbocycles. The quantitative estimate of drug-likeness (QED) is 0.883. The van der Waals surface area contributed by atoms with E-state index in [1.165, 1.54) is 35.9 Å². The number of nitrogens with zero attached hydrogens (tertiary/aromatic N) is 3. The highest BCUT2D eigenvalue weighted by Crippen LogP contribution is 2.30. The van der Waals surface area contributed by atoms with Crippen LogP contribution >= 0.6 is 11.8 Å². The fourth-order valence-corrected chi connectivity index (χ4v) is 3.70. The molecule has 0 spiro atoms. The summed E-state index contributed by atoms with van der Waals surface area (Å²) in [5.41, 5.74) is 11.6. The van der Waals surface area contributed by atoms with Crippen LogP contribution in [0.15, 0.2) is 22.3 Å². The summed E-state index contributed by atoms with van der Waals surface area (Å²) in [4.78, 5) is 13.8. The Bertz CT molecular complexity index is 649. The standard InChI is InChI=1S/C16H20N4S/c1-10-7-11(2)19-16(18-10)21-15-13(9-17)8-12-5-3-4-6-14(12)20-15/h7-8H,3-6,9,17H2,1-2H3. The Kier molecular flexibility index (Phi) is 4.22. The Morgan fingerprint density at radius 3 is 2.48 bits per heavy atom. The normalized spacial score (nSPS) is 14.0. The minimum Gasteiger partial charge on any atom is -0.326 e. The van der Waals surface area contributed by atoms with Gasteiger partial charge in [0.05, 0.1) is 0 Å². The van der Waals surface area contributed by atoms with Gasteiger partial charge in [0.2, 0.25) is 0 Å². The topological polar surface area (TPSA) is 64.7 Å². The van der Waals surface area contributed by atoms with E-state index < -0.39 is 0 Å². The molecule has 2 heterocycles. The molecule has 2 aromatic rings. The molecule has 21 heavy (non-hydrogen) atoms. The van der Waals surface area contributed by atoms with Crippen LogP contribution in [0.4, 0.5) is 0 Å². The summed E-state index contributed by atoms with van der Waals surface area (Å²) in [6.07, 6.45) is 4.68. The average molecular weight is 300 g/mol. The minimum atomic E-state index is 0.507. The van der Waals surface area contributed by atoms with E-state index in [4.69, 9.17) is 10.7 Å². The highest BCUT2D eigenvalue weighted by atomic mass is 32.2. The number of nitrogens with two attached hydrogens (primary N) is 1. The highest BCUT2D eigenvalue weighted by molar-refractivity contribution is 7.99. The van der Waals surface area contributed by atoms with Gasteiger partial charge in [0.1, 0.15) is 5.03 Å². The zero-order chi connectivity index (χ0) is 14.8. The van der Waals surface area contributed by atoms with Crippen molar-refractivity contribution in [1.82, 2.24) is 15.0 Å². The van der Waals surface area contributed by atoms with Crippen LogP contribution in [0.5, 0.6) is 0 Å². The molecular weight excluding hydrogens is 280 g/mol. The van der Waals surface area contributed by atoms with Crippen molar-refractivity contribution in [1.29, 1.82) is 0 Å². The van der Waals surface area contributed by atoms with Crippen LogP contribution in [0.25, 0.3) is 0 Å². The van der Waals surface area contributed by atoms with E-state index in [-0.39, 0.29) is 0 Å². The molecule has 2 N–H and O–H groups in total. The van der Waals surface area contributed by atoms with Crippen molar-refractivity contribution in [3.05, 3.63) is 40.3 Å². The van der Waals surface area contributed by atoms with Gasteiger partial charge >= 0.3 is 0 Å². The lowest BCUT2D eigenvalue weighted by atomic mass is 9.95. The van der Waals surface area contributed by atoms with Crippen molar-refractivity contribution in [2.24, 2.45) is 5.73 Å². The molecule has 0 aliphatic heterocycles. The lowest BCUT2D eigenvalue weighted by Gasteiger charge is -2.17. The number of rotatable bonds is 3. The fourth-order valence-electron chi connectivity index (χ4n) is 2.72. The molecule has 110 valence electrons. The third kappa shape index (κ3) is 3.24. The minimum absolute atomic E-state index is 0.507. The fraction of sp³-hybridized carbons (Fsp3) is 0.438. The van der Waals surface area contributed by atoms with Crippen molar-refractivity contribution in [3.63, 3.8) is 0 Å². The molecule has 3 rings (SSSR count). The molecular formula is C16H20N4S. The first-order chi connectivity index (χ1) is 10.2. The number of hydrogen-bond donors (Lipinski definition) is 1. The van der Waals surface area contributed by atoms with Gasteiger partial charge < -0.3 is 5.73 Å². The van der Waals surface area contributed by atoms with E-state index in [0.29, 0.717) is 6.54 Å². The SMILES string of the molecule is Cc1cc(C)nc(Sc2nc3c(cc2CN)CCCC3)n1. The number of pyridine rings is 1. The first kappa shape index (κ1) is 14.5. The summed E-state index contributed by atoms with van der Waals surface area (Å²) in [6, 6.07) is 4.21. The third-order valence-corrected chi connectivity index (χ3v) is 4.62. The van der Waals surface area contributed by atoms with Crippen molar-refractivity contribution in [2.45, 2.75) is 56.3 Å². The summed E-state index contributed by atoms with van der Waals surface area (Å²) < 4.78 is 0. The second-order valence-electron chi connectivity index (χ2n) is 5.51. The lowest BCUT2D eigenvalue weighted by Crippen LogP contribution is -2.10. The smallest absolute Gasteiger partial charge is 0.194 e. The van der Waals surface area contributed by atoms with E-state index >= 15 is 0 Å². The van der Waals surface area contributed by atoms with Gasteiger partial charge in [0.15, 0.2) is 5.16 Å². The zero-order valence-electron chi connectivity index (χ0n) is 12.5. The van der Waals surface area contributed by atoms with Gasteiger partial charge in [-0.25, -0.2) is 15.0 Å². The van der Waals surface area contributed by atoms with Crippen molar-refractivity contribution < 1.29 is 0 Å². The molecule has 0 aromatic carbocycles. The molecule has 2 aromatic heterocycles. The molecule has 0 radical (unpaired) electrons. The predicted octanol–water partition coefficient (Wildman–Crippen LogP) is 2.98. The van der Waals surface area contributed by atoms with Crippen molar-refractivity contribution in [3.8, 4) is 0 Å². The molecule has 0 saturated heterocycles. The molecule has 0 unspecified atom stereocenters. The van der Waals surface area contributed by atoms with Crippen LogP contribution in [0.1, 0.15) is 41.1 Å². The summed E-state index contributed by atoms with van der Waals surface area (Å²) >= 11 is 1.53. The Morgan fingerprint density at radius 1 is 1.05 bits per heavy atom. The van der Waals surface area contributed by atoms with E-state index in [0.717, 1.165) is 40.0 Å². The largest absolute Gasteiger partial charge is 0.326 e. The Labute approximate surface area is 129 Å². The third-order valence-electron chi connectivity index (χ3n) is 3.71. The molecule has 4 nitrogen and oxygen atoms in total. The van der Waals surface area contributed by atoms with Gasteiger partial charge in [-0.3, -0.25) is 0 Å². The summed E-state index contributed by atoms with van der Waals surface area (Å²) in [7, 11) is 0. The van der Waals surface area contributed by atoms with Crippen LogP contribution < -0.4 is 5.73 Å². The zero-order valence-corrected chi connectivity index (χ0v) is 13.3. The molecule has 0 amide bonds. The Balaban J connectivity index is 1.97. The van der Waals surface area contributed by atoms with Gasteiger partial charge in [-0.15, -0.1) is 0 Å². The highest BCUT2D eigenvalue weighted by Gasteiger charge is 2.16. The number of fused-ring (bicyclic) bond motifs is 1. The lowest BCUT2D eigenvalue weighted by molar-refractivity contribution is 0.656. The molecule has 0 atom stereocenters. The van der Waals surface area contributed by atoms with Gasteiger partial charge in [-0.2, -0.15) is 0 Å². The predicted molar refractivity (Wildman–Crippen MR) is 84.4 cm³/mol. The summed E-state index contributed by atoms with van der Waals surface area (Å²) in [5, 5.41) is 1.72. The van der Waals surface area contributed by atoms with E-state index in [9.17, 15) is 0 Å². The summed E-state index contributed by atoms with van der Waals surface area (Å²) in [6.45, 7) is 4.49. The van der Waals surface area contributed by atoms with E-state index in [2.05, 4.69) is 16.0 Å². The second-order valence-corrected chi connectivity index (χ2v) is 6.46. The van der Waals surface area contributed by atoms with Crippen LogP contribution in [0.3, 0.4) is 0 Å². The second kappa shape index (κ2) is 6.12. The summed E-state index contributed by atoms with van der Waals surface area (Å²) in [5.74, 6) is 0. The first-order valence-corrected chi connectivity index (χ1v) is 8.19. The first-order valence-electron chi connectivity index (χ1n) is 7.37. The van der Waals surface area contributed by atoms with Gasteiger partial charge in [-0.1, -0.05) is 6.07 Å². The molecule has 0 saturated carbocycles. The van der Waals surface area contributed by atoms with E-state index in [1.54, 1.807) is 0 Å². The maximum atomic E-state index is 5.90. The maximum absolute atomic E-state index is 5.90. The van der Waals surface area contributed by atoms with Crippen molar-refractivity contribution in [2.75, 3.05) is 0 Å². The Hall–Kier alpha value is -1.46. The number of hydrogen-bond acceptors (Lipinski definition) is 5. The number of aryl methyl sites for hydroxylation is 4. The molecule has 5 heteroatoms. The average Bonchev–Trinajstić information content (AvgIpc) is 2.45. The van der Waals surface area contributed by atoms with Crippen LogP contribution in [-0.4, -0.2) is 15.0 Å².